The fraction of sp³-hybridized carbons (Fsp3) is 0.541. The Hall–Kier alpha value is -4.82. The number of nitrogens with one attached hydrogen (secondary N) is 2. The number of benzene rings is 1. The molecule has 2 fully saturated rings. The van der Waals surface area contributed by atoms with E-state index in [2.05, 4.69) is 15.6 Å². The number of ether oxygens (including phenoxy) is 3. The van der Waals surface area contributed by atoms with Crippen molar-refractivity contribution < 1.29 is 51.7 Å². The van der Waals surface area contributed by atoms with Crippen LogP contribution in [0.1, 0.15) is 83.9 Å². The third kappa shape index (κ3) is 7.13. The highest BCUT2D eigenvalue weighted by Crippen LogP contribution is 2.50. The highest BCUT2D eigenvalue weighted by atomic mass is 19.4. The number of aromatic nitrogens is 1. The minimum atomic E-state index is -4.93. The molecule has 3 N–H and O–H groups in total. The molecular weight excluding hydrogens is 685 g/mol. The van der Waals surface area contributed by atoms with Gasteiger partial charge in [0.15, 0.2) is 11.4 Å². The predicted molar refractivity (Wildman–Crippen MR) is 182 cm³/mol. The average Bonchev–Trinajstić information content (AvgIpc) is 3.63. The van der Waals surface area contributed by atoms with E-state index in [-0.39, 0.29) is 36.9 Å². The first-order chi connectivity index (χ1) is 24.4. The fourth-order valence-corrected chi connectivity index (χ4v) is 7.50. The first-order valence-corrected chi connectivity index (χ1v) is 17.4. The molecule has 15 heteroatoms. The highest BCUT2D eigenvalue weighted by Gasteiger charge is 2.62. The molecule has 280 valence electrons. The number of carbonyl (C=O) groups is 4. The van der Waals surface area contributed by atoms with Crippen LogP contribution in [0.25, 0.3) is 16.5 Å². The number of aliphatic carboxylic acids is 1. The van der Waals surface area contributed by atoms with Gasteiger partial charge in [-0.25, -0.2) is 14.6 Å². The average molecular weight is 729 g/mol. The third-order valence-electron chi connectivity index (χ3n) is 10.00. The number of hydrogen-bond acceptors (Lipinski definition) is 8. The molecule has 1 spiro atoms. The van der Waals surface area contributed by atoms with Crippen LogP contribution < -0.4 is 20.1 Å². The number of allylic oxidation sites excluding steroid dienone is 2. The van der Waals surface area contributed by atoms with Gasteiger partial charge in [-0.15, -0.1) is 0 Å². The molecule has 2 aromatic rings. The van der Waals surface area contributed by atoms with Crippen LogP contribution in [0.15, 0.2) is 36.4 Å². The second-order valence-electron chi connectivity index (χ2n) is 15.1. The Labute approximate surface area is 298 Å². The lowest BCUT2D eigenvalue weighted by atomic mass is 9.88. The molecule has 1 saturated heterocycles. The summed E-state index contributed by atoms with van der Waals surface area (Å²) < 4.78 is 61.1. The Morgan fingerprint density at radius 2 is 1.88 bits per heavy atom. The van der Waals surface area contributed by atoms with Crippen LogP contribution >= 0.6 is 0 Å². The number of rotatable bonds is 3. The predicted octanol–water partition coefficient (Wildman–Crippen LogP) is 5.77. The van der Waals surface area contributed by atoms with E-state index >= 15 is 0 Å². The van der Waals surface area contributed by atoms with E-state index in [0.29, 0.717) is 36.0 Å². The minimum Gasteiger partial charge on any atom is -0.497 e. The van der Waals surface area contributed by atoms with Gasteiger partial charge in [-0.3, -0.25) is 9.59 Å². The van der Waals surface area contributed by atoms with Gasteiger partial charge in [0.2, 0.25) is 11.8 Å². The van der Waals surface area contributed by atoms with E-state index < -0.39 is 76.2 Å². The number of methoxy groups -OCH3 is 1. The molecule has 3 amide bonds. The summed E-state index contributed by atoms with van der Waals surface area (Å²) in [4.78, 5) is 59.3. The molecule has 1 aliphatic carbocycles. The van der Waals surface area contributed by atoms with E-state index in [1.807, 2.05) is 6.08 Å². The Balaban J connectivity index is 1.44. The van der Waals surface area contributed by atoms with Gasteiger partial charge < -0.3 is 34.9 Å². The minimum absolute atomic E-state index is 0.0656. The van der Waals surface area contributed by atoms with Crippen LogP contribution in [-0.2, 0) is 25.3 Å². The number of pyridine rings is 1. The van der Waals surface area contributed by atoms with E-state index in [4.69, 9.17) is 14.2 Å². The second-order valence-corrected chi connectivity index (χ2v) is 15.1. The summed E-state index contributed by atoms with van der Waals surface area (Å²) in [7, 11) is 1.43. The Morgan fingerprint density at radius 3 is 2.56 bits per heavy atom. The topological polar surface area (TPSA) is 156 Å². The van der Waals surface area contributed by atoms with Crippen molar-refractivity contribution in [3.05, 3.63) is 47.7 Å². The molecule has 1 aromatic carbocycles. The zero-order chi connectivity index (χ0) is 37.8. The number of fused-ring (bicyclic) bond motifs is 5. The Morgan fingerprint density at radius 1 is 1.13 bits per heavy atom. The summed E-state index contributed by atoms with van der Waals surface area (Å²) in [5, 5.41) is 15.9. The van der Waals surface area contributed by atoms with E-state index in [9.17, 15) is 37.5 Å². The normalized spacial score (nSPS) is 28.0. The summed E-state index contributed by atoms with van der Waals surface area (Å²) >= 11 is 0. The molecule has 52 heavy (non-hydrogen) atoms. The molecule has 1 saturated carbocycles. The van der Waals surface area contributed by atoms with Crippen molar-refractivity contribution in [3.63, 3.8) is 0 Å². The van der Waals surface area contributed by atoms with Crippen molar-refractivity contribution in [1.82, 2.24) is 20.5 Å². The molecule has 6 rings (SSSR count). The first-order valence-electron chi connectivity index (χ1n) is 17.4. The molecule has 4 heterocycles. The molecule has 0 bridgehead atoms. The van der Waals surface area contributed by atoms with Gasteiger partial charge in [0.05, 0.1) is 19.2 Å². The maximum atomic E-state index is 14.7. The van der Waals surface area contributed by atoms with Crippen molar-refractivity contribution >= 4 is 40.4 Å². The zero-order valence-electron chi connectivity index (χ0n) is 29.7. The number of carbonyl (C=O) groups excluding carboxylic acids is 3. The third-order valence-corrected chi connectivity index (χ3v) is 10.00. The fourth-order valence-electron chi connectivity index (χ4n) is 7.50. The largest absolute Gasteiger partial charge is 0.497 e. The van der Waals surface area contributed by atoms with E-state index in [1.54, 1.807) is 45.9 Å². The molecule has 12 nitrogen and oxygen atoms in total. The number of alkyl carbamates (subject to hydrolysis) is 1. The lowest BCUT2D eigenvalue weighted by Crippen LogP contribution is -2.56. The molecule has 1 aromatic heterocycles. The Bertz CT molecular complexity index is 1870. The van der Waals surface area contributed by atoms with Crippen molar-refractivity contribution in [2.75, 3.05) is 13.7 Å². The van der Waals surface area contributed by atoms with Gasteiger partial charge in [0.1, 0.15) is 34.6 Å². The van der Waals surface area contributed by atoms with Crippen molar-refractivity contribution in [2.24, 2.45) is 5.92 Å². The van der Waals surface area contributed by atoms with Crippen molar-refractivity contribution in [2.45, 2.75) is 108 Å². The lowest BCUT2D eigenvalue weighted by molar-refractivity contribution is -0.146. The van der Waals surface area contributed by atoms with Crippen LogP contribution in [0.4, 0.5) is 18.0 Å². The van der Waals surface area contributed by atoms with Crippen molar-refractivity contribution in [1.29, 1.82) is 0 Å². The molecule has 4 aliphatic rings. The highest BCUT2D eigenvalue weighted by molar-refractivity contribution is 5.98. The monoisotopic (exact) mass is 728 g/mol. The van der Waals surface area contributed by atoms with Crippen LogP contribution in [0, 0.1) is 5.92 Å². The summed E-state index contributed by atoms with van der Waals surface area (Å²) in [5.41, 5.74) is -4.81. The van der Waals surface area contributed by atoms with Crippen LogP contribution in [0.2, 0.25) is 0 Å². The number of carboxylic acids is 1. The summed E-state index contributed by atoms with van der Waals surface area (Å²) in [5.74, 6) is -3.36. The quantitative estimate of drug-likeness (QED) is 0.334. The molecule has 5 atom stereocenters. The number of nitrogens with zero attached hydrogens (tertiary/aromatic N) is 2. The van der Waals surface area contributed by atoms with Gasteiger partial charge in [-0.2, -0.15) is 13.2 Å². The Kier molecular flexibility index (Phi) is 9.45. The van der Waals surface area contributed by atoms with Crippen LogP contribution in [0.3, 0.4) is 0 Å². The smallest absolute Gasteiger partial charge is 0.437 e. The van der Waals surface area contributed by atoms with Crippen molar-refractivity contribution in [3.8, 4) is 11.5 Å². The number of hydrogen-bond donors (Lipinski definition) is 3. The van der Waals surface area contributed by atoms with Crippen LogP contribution in [0.5, 0.6) is 11.5 Å². The van der Waals surface area contributed by atoms with E-state index in [0.717, 1.165) is 6.42 Å². The SMILES string of the molecule is COc1ccc2nc(C(F)(F)F)c3c(c2c1)C(C)=C[C@]1(C[C@H]2C(=O)N[C@]4(C(=O)O)C[C@H]4C=CCCCCC[C@H](NC(=O)OC(C)(C)C)C(=O)N2C1)O3. The van der Waals surface area contributed by atoms with Gasteiger partial charge in [0.25, 0.3) is 0 Å². The first kappa shape index (κ1) is 37.0. The lowest BCUT2D eigenvalue weighted by Gasteiger charge is -2.35. The van der Waals surface area contributed by atoms with Gasteiger partial charge >= 0.3 is 18.2 Å². The molecule has 0 unspecified atom stereocenters. The van der Waals surface area contributed by atoms with E-state index in [1.165, 1.54) is 24.1 Å². The number of carboxylic acid groups (broad SMARTS) is 1. The molecular formula is C37H43F3N4O8. The van der Waals surface area contributed by atoms with Gasteiger partial charge in [-0.05, 0) is 83.2 Å². The maximum absolute atomic E-state index is 14.7. The molecule has 0 radical (unpaired) electrons. The molecule has 3 aliphatic heterocycles. The maximum Gasteiger partial charge on any atom is 0.437 e. The van der Waals surface area contributed by atoms with Gasteiger partial charge in [-0.1, -0.05) is 25.0 Å². The second kappa shape index (κ2) is 13.3. The summed E-state index contributed by atoms with van der Waals surface area (Å²) in [6.45, 7) is 6.26. The number of alkyl halides is 3. The number of amides is 3. The standard InChI is InChI=1S/C37H43F3N4O8/c1-20-16-35(51-28-27(20)23-15-22(50-5)13-14-24(23)41-29(28)37(38,39)40)18-26-30(45)43-36(32(47)48)17-21(36)11-9-7-6-8-10-12-25(31(46)44(26)19-35)42-33(49)52-34(2,3)4/h9,11,13-16,21,25-26H,6-8,10,12,17-19H2,1-5H3,(H,42,49)(H,43,45)(H,47,48)/t21-,25+,26+,35-,36-/m1/s1. The van der Waals surface area contributed by atoms with Crippen LogP contribution in [-0.4, -0.2) is 81.3 Å². The van der Waals surface area contributed by atoms with Gasteiger partial charge in [0, 0.05) is 23.3 Å². The summed E-state index contributed by atoms with van der Waals surface area (Å²) in [6.07, 6.45) is 2.13. The summed E-state index contributed by atoms with van der Waals surface area (Å²) in [6, 6.07) is 1.97. The zero-order valence-corrected chi connectivity index (χ0v) is 29.7. The number of halogens is 3.